The standard InChI is InChI=1S/C14H19Cl2NO2/c1-8(6-10(7-17)14(18)19)9(2)13-11(15)4-3-5-12(13)16/h3-5,8-10H,6-7,17H2,1-2H3,(H,18,19). The monoisotopic (exact) mass is 303 g/mol. The second kappa shape index (κ2) is 7.13. The maximum Gasteiger partial charge on any atom is 0.307 e. The summed E-state index contributed by atoms with van der Waals surface area (Å²) in [5.41, 5.74) is 6.36. The lowest BCUT2D eigenvalue weighted by molar-refractivity contribution is -0.142. The Morgan fingerprint density at radius 3 is 2.26 bits per heavy atom. The number of benzene rings is 1. The summed E-state index contributed by atoms with van der Waals surface area (Å²) < 4.78 is 0. The Hall–Kier alpha value is -0.770. The Kier molecular flexibility index (Phi) is 6.11. The van der Waals surface area contributed by atoms with Gasteiger partial charge >= 0.3 is 5.97 Å². The van der Waals surface area contributed by atoms with Gasteiger partial charge in [-0.3, -0.25) is 4.79 Å². The molecule has 0 aliphatic carbocycles. The van der Waals surface area contributed by atoms with Gasteiger partial charge in [0.15, 0.2) is 0 Å². The van der Waals surface area contributed by atoms with Crippen molar-refractivity contribution in [3.63, 3.8) is 0 Å². The quantitative estimate of drug-likeness (QED) is 0.840. The van der Waals surface area contributed by atoms with Crippen LogP contribution in [0, 0.1) is 11.8 Å². The van der Waals surface area contributed by atoms with E-state index in [-0.39, 0.29) is 18.4 Å². The molecule has 3 nitrogen and oxygen atoms in total. The van der Waals surface area contributed by atoms with E-state index in [0.29, 0.717) is 16.5 Å². The van der Waals surface area contributed by atoms with Crippen molar-refractivity contribution in [2.75, 3.05) is 6.54 Å². The van der Waals surface area contributed by atoms with Crippen LogP contribution in [-0.2, 0) is 4.79 Å². The first-order chi connectivity index (χ1) is 8.88. The van der Waals surface area contributed by atoms with Crippen molar-refractivity contribution < 1.29 is 9.90 Å². The van der Waals surface area contributed by atoms with E-state index in [1.54, 1.807) is 18.2 Å². The fourth-order valence-electron chi connectivity index (χ4n) is 2.18. The molecule has 3 unspecified atom stereocenters. The first kappa shape index (κ1) is 16.3. The molecular weight excluding hydrogens is 285 g/mol. The summed E-state index contributed by atoms with van der Waals surface area (Å²) in [5.74, 6) is -1.18. The average Bonchev–Trinajstić information content (AvgIpc) is 2.34. The van der Waals surface area contributed by atoms with Gasteiger partial charge in [-0.2, -0.15) is 0 Å². The molecule has 5 heteroatoms. The molecule has 0 amide bonds. The third kappa shape index (κ3) is 4.10. The van der Waals surface area contributed by atoms with E-state index in [0.717, 1.165) is 5.56 Å². The van der Waals surface area contributed by atoms with Gasteiger partial charge in [0, 0.05) is 16.6 Å². The molecule has 0 spiro atoms. The zero-order chi connectivity index (χ0) is 14.6. The first-order valence-electron chi connectivity index (χ1n) is 6.25. The molecule has 0 heterocycles. The van der Waals surface area contributed by atoms with Crippen LogP contribution >= 0.6 is 23.2 Å². The Morgan fingerprint density at radius 2 is 1.84 bits per heavy atom. The topological polar surface area (TPSA) is 63.3 Å². The number of hydrogen-bond acceptors (Lipinski definition) is 2. The van der Waals surface area contributed by atoms with Gasteiger partial charge in [-0.1, -0.05) is 43.1 Å². The van der Waals surface area contributed by atoms with Gasteiger partial charge in [0.2, 0.25) is 0 Å². The minimum Gasteiger partial charge on any atom is -0.481 e. The molecule has 0 fully saturated rings. The highest BCUT2D eigenvalue weighted by Gasteiger charge is 2.25. The zero-order valence-electron chi connectivity index (χ0n) is 11.1. The second-order valence-corrected chi connectivity index (χ2v) is 5.72. The summed E-state index contributed by atoms with van der Waals surface area (Å²) in [7, 11) is 0. The van der Waals surface area contributed by atoms with Crippen LogP contribution in [0.3, 0.4) is 0 Å². The molecule has 0 saturated heterocycles. The Morgan fingerprint density at radius 1 is 1.32 bits per heavy atom. The number of rotatable bonds is 6. The van der Waals surface area contributed by atoms with E-state index in [1.807, 2.05) is 13.8 Å². The molecular formula is C14H19Cl2NO2. The molecule has 3 N–H and O–H groups in total. The number of aliphatic carboxylic acids is 1. The van der Waals surface area contributed by atoms with Crippen molar-refractivity contribution >= 4 is 29.2 Å². The fraction of sp³-hybridized carbons (Fsp3) is 0.500. The SMILES string of the molecule is CC(CC(CN)C(=O)O)C(C)c1c(Cl)cccc1Cl. The third-order valence-corrected chi connectivity index (χ3v) is 4.26. The fourth-order valence-corrected chi connectivity index (χ4v) is 2.92. The van der Waals surface area contributed by atoms with E-state index < -0.39 is 11.9 Å². The van der Waals surface area contributed by atoms with Gasteiger partial charge in [0.05, 0.1) is 5.92 Å². The van der Waals surface area contributed by atoms with Crippen molar-refractivity contribution in [2.24, 2.45) is 17.6 Å². The molecule has 0 aliphatic heterocycles. The van der Waals surface area contributed by atoms with Crippen molar-refractivity contribution in [2.45, 2.75) is 26.2 Å². The van der Waals surface area contributed by atoms with Crippen LogP contribution in [0.1, 0.15) is 31.7 Å². The minimum absolute atomic E-state index is 0.0783. The highest BCUT2D eigenvalue weighted by Crippen LogP contribution is 2.37. The summed E-state index contributed by atoms with van der Waals surface area (Å²) in [6, 6.07) is 5.39. The van der Waals surface area contributed by atoms with Gasteiger partial charge in [-0.05, 0) is 36.0 Å². The van der Waals surface area contributed by atoms with Gasteiger partial charge in [-0.25, -0.2) is 0 Å². The summed E-state index contributed by atoms with van der Waals surface area (Å²) >= 11 is 12.4. The molecule has 0 saturated carbocycles. The van der Waals surface area contributed by atoms with Crippen LogP contribution in [0.5, 0.6) is 0 Å². The Bertz CT molecular complexity index is 431. The van der Waals surface area contributed by atoms with Crippen LogP contribution in [-0.4, -0.2) is 17.6 Å². The highest BCUT2D eigenvalue weighted by atomic mass is 35.5. The molecule has 3 atom stereocenters. The molecule has 0 bridgehead atoms. The van der Waals surface area contributed by atoms with Gasteiger partial charge < -0.3 is 10.8 Å². The lowest BCUT2D eigenvalue weighted by Crippen LogP contribution is -2.26. The third-order valence-electron chi connectivity index (χ3n) is 3.60. The lowest BCUT2D eigenvalue weighted by Gasteiger charge is -2.24. The predicted octanol–water partition coefficient (Wildman–Crippen LogP) is 3.78. The smallest absolute Gasteiger partial charge is 0.307 e. The molecule has 1 aromatic carbocycles. The van der Waals surface area contributed by atoms with Crippen LogP contribution in [0.25, 0.3) is 0 Å². The van der Waals surface area contributed by atoms with Crippen LogP contribution < -0.4 is 5.73 Å². The van der Waals surface area contributed by atoms with E-state index >= 15 is 0 Å². The van der Waals surface area contributed by atoms with Crippen molar-refractivity contribution in [1.82, 2.24) is 0 Å². The molecule has 0 aliphatic rings. The number of hydrogen-bond donors (Lipinski definition) is 2. The molecule has 106 valence electrons. The zero-order valence-corrected chi connectivity index (χ0v) is 12.6. The number of carbonyl (C=O) groups is 1. The number of carboxylic acids is 1. The van der Waals surface area contributed by atoms with Gasteiger partial charge in [0.25, 0.3) is 0 Å². The normalized spacial score (nSPS) is 15.8. The Labute approximate surface area is 123 Å². The minimum atomic E-state index is -0.855. The first-order valence-corrected chi connectivity index (χ1v) is 7.00. The molecule has 0 aromatic heterocycles. The van der Waals surface area contributed by atoms with Crippen molar-refractivity contribution in [3.05, 3.63) is 33.8 Å². The summed E-state index contributed by atoms with van der Waals surface area (Å²) in [6.45, 7) is 4.14. The van der Waals surface area contributed by atoms with E-state index in [9.17, 15) is 4.79 Å². The van der Waals surface area contributed by atoms with Crippen LogP contribution in [0.4, 0.5) is 0 Å². The number of halogens is 2. The van der Waals surface area contributed by atoms with E-state index in [1.165, 1.54) is 0 Å². The molecule has 19 heavy (non-hydrogen) atoms. The molecule has 0 radical (unpaired) electrons. The van der Waals surface area contributed by atoms with Crippen molar-refractivity contribution in [3.8, 4) is 0 Å². The van der Waals surface area contributed by atoms with Crippen LogP contribution in [0.2, 0.25) is 10.0 Å². The molecule has 1 aromatic rings. The number of nitrogens with two attached hydrogens (primary N) is 1. The van der Waals surface area contributed by atoms with Crippen molar-refractivity contribution in [1.29, 1.82) is 0 Å². The maximum atomic E-state index is 11.0. The maximum absolute atomic E-state index is 11.0. The number of carboxylic acid groups (broad SMARTS) is 1. The largest absolute Gasteiger partial charge is 0.481 e. The van der Waals surface area contributed by atoms with E-state index in [4.69, 9.17) is 34.0 Å². The lowest BCUT2D eigenvalue weighted by atomic mass is 9.82. The highest BCUT2D eigenvalue weighted by molar-refractivity contribution is 6.36. The summed E-state index contributed by atoms with van der Waals surface area (Å²) in [5, 5.41) is 10.3. The van der Waals surface area contributed by atoms with Gasteiger partial charge in [0.1, 0.15) is 0 Å². The second-order valence-electron chi connectivity index (χ2n) is 4.91. The van der Waals surface area contributed by atoms with Gasteiger partial charge in [-0.15, -0.1) is 0 Å². The Balaban J connectivity index is 2.87. The summed E-state index contributed by atoms with van der Waals surface area (Å²) in [4.78, 5) is 11.0. The van der Waals surface area contributed by atoms with Crippen LogP contribution in [0.15, 0.2) is 18.2 Å². The summed E-state index contributed by atoms with van der Waals surface area (Å²) in [6.07, 6.45) is 0.508. The molecule has 1 rings (SSSR count). The predicted molar refractivity (Wildman–Crippen MR) is 78.8 cm³/mol. The average molecular weight is 304 g/mol. The van der Waals surface area contributed by atoms with E-state index in [2.05, 4.69) is 0 Å².